The maximum Gasteiger partial charge on any atom is 0.0337 e. The summed E-state index contributed by atoms with van der Waals surface area (Å²) in [6.45, 7) is 3.18. The van der Waals surface area contributed by atoms with Crippen LogP contribution >= 0.6 is 0 Å². The molecule has 0 aliphatic carbocycles. The molecule has 16 heavy (non-hydrogen) atoms. The second-order valence-electron chi connectivity index (χ2n) is 4.28. The molecule has 0 aliphatic heterocycles. The number of rotatable bonds is 7. The predicted molar refractivity (Wildman–Crippen MR) is 70.9 cm³/mol. The molecule has 0 heterocycles. The van der Waals surface area contributed by atoms with Crippen molar-refractivity contribution in [3.63, 3.8) is 0 Å². The lowest BCUT2D eigenvalue weighted by Gasteiger charge is -2.10. The summed E-state index contributed by atoms with van der Waals surface area (Å²) >= 11 is 0. The van der Waals surface area contributed by atoms with E-state index in [-0.39, 0.29) is 0 Å². The average Bonchev–Trinajstić information content (AvgIpc) is 2.29. The van der Waals surface area contributed by atoms with Crippen LogP contribution in [0.25, 0.3) is 0 Å². The number of hydrogen-bond donors (Lipinski definition) is 2. The highest BCUT2D eigenvalue weighted by Gasteiger charge is 1.94. The van der Waals surface area contributed by atoms with E-state index in [1.807, 2.05) is 7.05 Å². The second kappa shape index (κ2) is 7.25. The van der Waals surface area contributed by atoms with Crippen LogP contribution in [0.1, 0.15) is 12.0 Å². The van der Waals surface area contributed by atoms with E-state index in [0.29, 0.717) is 0 Å². The number of benzene rings is 1. The monoisotopic (exact) mass is 221 g/mol. The van der Waals surface area contributed by atoms with Crippen molar-refractivity contribution in [1.82, 2.24) is 10.2 Å². The first-order chi connectivity index (χ1) is 7.72. The lowest BCUT2D eigenvalue weighted by atomic mass is 10.2. The first-order valence-corrected chi connectivity index (χ1v) is 5.84. The molecule has 90 valence electrons. The molecule has 0 bridgehead atoms. The Bertz CT molecular complexity index is 280. The summed E-state index contributed by atoms with van der Waals surface area (Å²) in [5, 5.41) is 6.56. The molecule has 1 aromatic rings. The molecule has 3 heteroatoms. The molecule has 0 aromatic heterocycles. The Morgan fingerprint density at radius 3 is 2.38 bits per heavy atom. The largest absolute Gasteiger partial charge is 0.388 e. The molecule has 0 spiro atoms. The van der Waals surface area contributed by atoms with Crippen molar-refractivity contribution >= 4 is 5.69 Å². The van der Waals surface area contributed by atoms with Crippen molar-refractivity contribution in [1.29, 1.82) is 0 Å². The van der Waals surface area contributed by atoms with Crippen molar-refractivity contribution in [2.75, 3.05) is 39.5 Å². The highest BCUT2D eigenvalue weighted by molar-refractivity contribution is 5.43. The van der Waals surface area contributed by atoms with Gasteiger partial charge in [0.05, 0.1) is 0 Å². The minimum atomic E-state index is 0.956. The molecule has 0 radical (unpaired) electrons. The Labute approximate surface area is 98.8 Å². The maximum atomic E-state index is 3.45. The lowest BCUT2D eigenvalue weighted by Crippen LogP contribution is -2.20. The van der Waals surface area contributed by atoms with Crippen molar-refractivity contribution in [3.05, 3.63) is 29.8 Å². The van der Waals surface area contributed by atoms with Gasteiger partial charge < -0.3 is 15.5 Å². The lowest BCUT2D eigenvalue weighted by molar-refractivity contribution is 0.394. The van der Waals surface area contributed by atoms with Gasteiger partial charge in [-0.25, -0.2) is 0 Å². The van der Waals surface area contributed by atoms with Crippen LogP contribution in [0, 0.1) is 0 Å². The minimum Gasteiger partial charge on any atom is -0.388 e. The Kier molecular flexibility index (Phi) is 5.90. The standard InChI is InChI=1S/C13H23N3/c1-14-13-7-5-12(6-8-13)11-15-9-4-10-16(2)3/h5-8,14-15H,4,9-11H2,1-3H3. The van der Waals surface area contributed by atoms with Gasteiger partial charge in [0.15, 0.2) is 0 Å². The molecule has 0 amide bonds. The van der Waals surface area contributed by atoms with Crippen molar-refractivity contribution in [2.45, 2.75) is 13.0 Å². The van der Waals surface area contributed by atoms with E-state index in [2.05, 4.69) is 53.9 Å². The van der Waals surface area contributed by atoms with E-state index >= 15 is 0 Å². The van der Waals surface area contributed by atoms with Gasteiger partial charge in [0.2, 0.25) is 0 Å². The quantitative estimate of drug-likeness (QED) is 0.687. The zero-order valence-electron chi connectivity index (χ0n) is 10.6. The molecule has 2 N–H and O–H groups in total. The van der Waals surface area contributed by atoms with Gasteiger partial charge in [-0.2, -0.15) is 0 Å². The highest BCUT2D eigenvalue weighted by Crippen LogP contribution is 2.07. The fraction of sp³-hybridized carbons (Fsp3) is 0.538. The molecule has 0 saturated heterocycles. The predicted octanol–water partition coefficient (Wildman–Crippen LogP) is 1.77. The number of hydrogen-bond acceptors (Lipinski definition) is 3. The van der Waals surface area contributed by atoms with Crippen molar-refractivity contribution in [3.8, 4) is 0 Å². The van der Waals surface area contributed by atoms with E-state index in [1.165, 1.54) is 12.0 Å². The van der Waals surface area contributed by atoms with Gasteiger partial charge in [-0.3, -0.25) is 0 Å². The topological polar surface area (TPSA) is 27.3 Å². The van der Waals surface area contributed by atoms with Crippen molar-refractivity contribution in [2.24, 2.45) is 0 Å². The van der Waals surface area contributed by atoms with Gasteiger partial charge in [-0.15, -0.1) is 0 Å². The fourth-order valence-corrected chi connectivity index (χ4v) is 1.54. The Morgan fingerprint density at radius 1 is 1.12 bits per heavy atom. The molecule has 1 rings (SSSR count). The molecule has 1 aromatic carbocycles. The van der Waals surface area contributed by atoms with Gasteiger partial charge >= 0.3 is 0 Å². The van der Waals surface area contributed by atoms with Crippen LogP contribution in [0.5, 0.6) is 0 Å². The fourth-order valence-electron chi connectivity index (χ4n) is 1.54. The first kappa shape index (κ1) is 13.0. The molecule has 0 aliphatic rings. The third-order valence-electron chi connectivity index (χ3n) is 2.53. The average molecular weight is 221 g/mol. The van der Waals surface area contributed by atoms with E-state index in [1.54, 1.807) is 0 Å². The van der Waals surface area contributed by atoms with Crippen LogP contribution in [-0.4, -0.2) is 39.1 Å². The van der Waals surface area contributed by atoms with E-state index in [4.69, 9.17) is 0 Å². The van der Waals surface area contributed by atoms with Crippen molar-refractivity contribution < 1.29 is 0 Å². The van der Waals surface area contributed by atoms with Crippen LogP contribution in [0.15, 0.2) is 24.3 Å². The summed E-state index contributed by atoms with van der Waals surface area (Å²) < 4.78 is 0. The van der Waals surface area contributed by atoms with Gasteiger partial charge in [-0.05, 0) is 51.3 Å². The number of anilines is 1. The summed E-state index contributed by atoms with van der Waals surface area (Å²) in [6.07, 6.45) is 1.20. The summed E-state index contributed by atoms with van der Waals surface area (Å²) in [4.78, 5) is 2.21. The first-order valence-electron chi connectivity index (χ1n) is 5.84. The van der Waals surface area contributed by atoms with Crippen LogP contribution in [0.4, 0.5) is 5.69 Å². The molecule has 0 atom stereocenters. The smallest absolute Gasteiger partial charge is 0.0337 e. The van der Waals surface area contributed by atoms with E-state index in [0.717, 1.165) is 25.3 Å². The van der Waals surface area contributed by atoms with Gasteiger partial charge in [0, 0.05) is 19.3 Å². The van der Waals surface area contributed by atoms with Crippen LogP contribution in [0.2, 0.25) is 0 Å². The second-order valence-corrected chi connectivity index (χ2v) is 4.28. The van der Waals surface area contributed by atoms with Crippen LogP contribution < -0.4 is 10.6 Å². The third kappa shape index (κ3) is 5.14. The van der Waals surface area contributed by atoms with E-state index < -0.39 is 0 Å². The summed E-state index contributed by atoms with van der Waals surface area (Å²) in [5.41, 5.74) is 2.50. The molecule has 0 fully saturated rings. The SMILES string of the molecule is CNc1ccc(CNCCCN(C)C)cc1. The zero-order valence-corrected chi connectivity index (χ0v) is 10.6. The Morgan fingerprint density at radius 2 is 1.81 bits per heavy atom. The summed E-state index contributed by atoms with van der Waals surface area (Å²) in [6, 6.07) is 8.53. The normalized spacial score (nSPS) is 10.8. The van der Waals surface area contributed by atoms with Crippen LogP contribution in [0.3, 0.4) is 0 Å². The van der Waals surface area contributed by atoms with Crippen LogP contribution in [-0.2, 0) is 6.54 Å². The summed E-state index contributed by atoms with van der Waals surface area (Å²) in [5.74, 6) is 0. The highest BCUT2D eigenvalue weighted by atomic mass is 15.0. The minimum absolute atomic E-state index is 0.956. The molecular weight excluding hydrogens is 198 g/mol. The van der Waals surface area contributed by atoms with Gasteiger partial charge in [-0.1, -0.05) is 12.1 Å². The molecule has 3 nitrogen and oxygen atoms in total. The number of nitrogens with zero attached hydrogens (tertiary/aromatic N) is 1. The van der Waals surface area contributed by atoms with E-state index in [9.17, 15) is 0 Å². The third-order valence-corrected chi connectivity index (χ3v) is 2.53. The maximum absolute atomic E-state index is 3.45. The van der Waals surface area contributed by atoms with Gasteiger partial charge in [0.25, 0.3) is 0 Å². The Hall–Kier alpha value is -1.06. The van der Waals surface area contributed by atoms with Gasteiger partial charge in [0.1, 0.15) is 0 Å². The zero-order chi connectivity index (χ0) is 11.8. The molecular formula is C13H23N3. The summed E-state index contributed by atoms with van der Waals surface area (Å²) in [7, 11) is 6.15. The molecule has 0 unspecified atom stereocenters. The molecule has 0 saturated carbocycles. The Balaban J connectivity index is 2.16. The number of nitrogens with one attached hydrogen (secondary N) is 2.